The largest absolute Gasteiger partial charge is 0.493 e. The maximum atomic E-state index is 12.7. The molecule has 1 aliphatic rings. The van der Waals surface area contributed by atoms with E-state index in [1.54, 1.807) is 24.3 Å². The summed E-state index contributed by atoms with van der Waals surface area (Å²) in [5.74, 6) is 0.714. The minimum Gasteiger partial charge on any atom is -0.493 e. The fourth-order valence-electron chi connectivity index (χ4n) is 3.24. The van der Waals surface area contributed by atoms with Gasteiger partial charge in [0.05, 0.1) is 19.4 Å². The van der Waals surface area contributed by atoms with Crippen LogP contribution in [0.4, 0.5) is 10.1 Å². The summed E-state index contributed by atoms with van der Waals surface area (Å²) in [5, 5.41) is 6.12. The molecule has 0 spiro atoms. The number of hydrogen-bond acceptors (Lipinski definition) is 5. The Balaban J connectivity index is 1.95. The number of halogens is 1. The van der Waals surface area contributed by atoms with E-state index in [0.29, 0.717) is 30.2 Å². The van der Waals surface area contributed by atoms with Crippen molar-refractivity contribution in [2.45, 2.75) is 26.3 Å². The Bertz CT molecular complexity index is 868. The van der Waals surface area contributed by atoms with E-state index in [1.165, 1.54) is 12.1 Å². The Hall–Kier alpha value is -3.09. The zero-order valence-corrected chi connectivity index (χ0v) is 16.0. The summed E-state index contributed by atoms with van der Waals surface area (Å²) in [4.78, 5) is 12.6. The first-order valence-electron chi connectivity index (χ1n) is 9.16. The molecule has 1 unspecified atom stereocenters. The fraction of sp³-hybridized carbons (Fsp3) is 0.333. The lowest BCUT2D eigenvalue weighted by molar-refractivity contribution is -0.133. The molecule has 0 saturated heterocycles. The van der Waals surface area contributed by atoms with Crippen molar-refractivity contribution >= 4 is 17.3 Å². The number of carbonyl (C=O) groups excluding carboxylic acids is 1. The molecule has 6 nitrogen and oxygen atoms in total. The van der Waals surface area contributed by atoms with Crippen LogP contribution in [-0.4, -0.2) is 30.6 Å². The molecule has 7 heteroatoms. The van der Waals surface area contributed by atoms with Crippen LogP contribution in [0.15, 0.2) is 47.6 Å². The number of anilines is 1. The summed E-state index contributed by atoms with van der Waals surface area (Å²) in [7, 11) is 1.50. The molecular weight excluding hydrogens is 361 g/mol. The lowest BCUT2D eigenvalue weighted by Gasteiger charge is -2.29. The van der Waals surface area contributed by atoms with E-state index in [-0.39, 0.29) is 11.8 Å². The maximum Gasteiger partial charge on any atom is 0.243 e. The molecule has 2 aromatic carbocycles. The standard InChI is InChI=1S/C21H24FN3O3/c1-3-15-11-20(26)25(12-14-4-7-17(23)8-5-14)24-21(15)16-6-9-18(27-2)19(10-16)28-13-22/h4-10,15H,3,11-13,23H2,1-2H3. The molecule has 0 fully saturated rings. The van der Waals surface area contributed by atoms with Crippen molar-refractivity contribution in [1.82, 2.24) is 5.01 Å². The van der Waals surface area contributed by atoms with Crippen LogP contribution in [0.25, 0.3) is 0 Å². The molecule has 1 atom stereocenters. The summed E-state index contributed by atoms with van der Waals surface area (Å²) in [6.45, 7) is 1.43. The SMILES string of the molecule is CCC1CC(=O)N(Cc2ccc(N)cc2)N=C1c1ccc(OC)c(OCF)c1. The normalized spacial score (nSPS) is 16.7. The molecule has 2 aromatic rings. The van der Waals surface area contributed by atoms with E-state index in [4.69, 9.17) is 15.2 Å². The van der Waals surface area contributed by atoms with E-state index in [9.17, 15) is 9.18 Å². The molecule has 1 aliphatic heterocycles. The molecule has 1 amide bonds. The van der Waals surface area contributed by atoms with Crippen LogP contribution in [0.3, 0.4) is 0 Å². The van der Waals surface area contributed by atoms with Crippen molar-refractivity contribution in [3.05, 3.63) is 53.6 Å². The monoisotopic (exact) mass is 385 g/mol. The summed E-state index contributed by atoms with van der Waals surface area (Å²) in [6, 6.07) is 12.6. The van der Waals surface area contributed by atoms with Gasteiger partial charge in [0.1, 0.15) is 0 Å². The first-order valence-corrected chi connectivity index (χ1v) is 9.16. The number of methoxy groups -OCH3 is 1. The number of amides is 1. The first-order chi connectivity index (χ1) is 13.5. The fourth-order valence-corrected chi connectivity index (χ4v) is 3.24. The smallest absolute Gasteiger partial charge is 0.243 e. The van der Waals surface area contributed by atoms with Gasteiger partial charge in [0.15, 0.2) is 11.5 Å². The highest BCUT2D eigenvalue weighted by atomic mass is 19.1. The Morgan fingerprint density at radius 1 is 1.21 bits per heavy atom. The number of nitrogen functional groups attached to an aromatic ring is 1. The number of hydrazone groups is 1. The topological polar surface area (TPSA) is 77.2 Å². The van der Waals surface area contributed by atoms with Gasteiger partial charge in [-0.3, -0.25) is 4.79 Å². The van der Waals surface area contributed by atoms with E-state index in [0.717, 1.165) is 23.3 Å². The van der Waals surface area contributed by atoms with Gasteiger partial charge in [-0.15, -0.1) is 0 Å². The van der Waals surface area contributed by atoms with Crippen molar-refractivity contribution in [3.63, 3.8) is 0 Å². The minimum atomic E-state index is -0.953. The highest BCUT2D eigenvalue weighted by Crippen LogP contribution is 2.32. The Kier molecular flexibility index (Phi) is 6.13. The third-order valence-corrected chi connectivity index (χ3v) is 4.80. The molecule has 3 rings (SSSR count). The molecule has 0 aliphatic carbocycles. The number of alkyl halides is 1. The van der Waals surface area contributed by atoms with Crippen LogP contribution in [0.5, 0.6) is 11.5 Å². The lowest BCUT2D eigenvalue weighted by Crippen LogP contribution is -2.36. The van der Waals surface area contributed by atoms with E-state index in [2.05, 4.69) is 5.10 Å². The second-order valence-corrected chi connectivity index (χ2v) is 6.61. The predicted molar refractivity (Wildman–Crippen MR) is 106 cm³/mol. The Morgan fingerprint density at radius 3 is 2.61 bits per heavy atom. The predicted octanol–water partition coefficient (Wildman–Crippen LogP) is 3.75. The second-order valence-electron chi connectivity index (χ2n) is 6.61. The van der Waals surface area contributed by atoms with Crippen LogP contribution in [0.2, 0.25) is 0 Å². The van der Waals surface area contributed by atoms with Gasteiger partial charge in [-0.05, 0) is 42.3 Å². The third-order valence-electron chi connectivity index (χ3n) is 4.80. The van der Waals surface area contributed by atoms with Gasteiger partial charge in [-0.1, -0.05) is 19.1 Å². The number of carbonyl (C=O) groups is 1. The highest BCUT2D eigenvalue weighted by molar-refractivity contribution is 6.06. The van der Waals surface area contributed by atoms with Crippen molar-refractivity contribution in [1.29, 1.82) is 0 Å². The molecule has 0 aromatic heterocycles. The second kappa shape index (κ2) is 8.73. The molecule has 0 radical (unpaired) electrons. The van der Waals surface area contributed by atoms with E-state index in [1.807, 2.05) is 25.1 Å². The Labute approximate surface area is 163 Å². The summed E-state index contributed by atoms with van der Waals surface area (Å²) in [5.41, 5.74) is 8.90. The van der Waals surface area contributed by atoms with Gasteiger partial charge in [0.2, 0.25) is 12.8 Å². The lowest BCUT2D eigenvalue weighted by atomic mass is 9.89. The number of nitrogens with zero attached hydrogens (tertiary/aromatic N) is 2. The van der Waals surface area contributed by atoms with Gasteiger partial charge in [0.25, 0.3) is 0 Å². The van der Waals surface area contributed by atoms with Gasteiger partial charge >= 0.3 is 0 Å². The van der Waals surface area contributed by atoms with Crippen molar-refractivity contribution in [3.8, 4) is 11.5 Å². The quantitative estimate of drug-likeness (QED) is 0.737. The molecule has 28 heavy (non-hydrogen) atoms. The van der Waals surface area contributed by atoms with Gasteiger partial charge < -0.3 is 15.2 Å². The molecule has 0 bridgehead atoms. The average Bonchev–Trinajstić information content (AvgIpc) is 2.71. The third kappa shape index (κ3) is 4.24. The minimum absolute atomic E-state index is 0.0122. The number of hydrogen-bond donors (Lipinski definition) is 1. The van der Waals surface area contributed by atoms with Crippen LogP contribution in [0.1, 0.15) is 30.9 Å². The number of benzene rings is 2. The van der Waals surface area contributed by atoms with Crippen LogP contribution >= 0.6 is 0 Å². The van der Waals surface area contributed by atoms with E-state index >= 15 is 0 Å². The molecule has 1 heterocycles. The van der Waals surface area contributed by atoms with Gasteiger partial charge in [-0.2, -0.15) is 5.10 Å². The zero-order valence-electron chi connectivity index (χ0n) is 16.0. The number of ether oxygens (including phenoxy) is 2. The van der Waals surface area contributed by atoms with Crippen molar-refractivity contribution in [2.75, 3.05) is 19.7 Å². The highest BCUT2D eigenvalue weighted by Gasteiger charge is 2.29. The summed E-state index contributed by atoms with van der Waals surface area (Å²) < 4.78 is 23.0. The van der Waals surface area contributed by atoms with Crippen LogP contribution in [0, 0.1) is 5.92 Å². The number of rotatable bonds is 7. The van der Waals surface area contributed by atoms with Crippen molar-refractivity contribution in [2.24, 2.45) is 11.0 Å². The van der Waals surface area contributed by atoms with Crippen LogP contribution < -0.4 is 15.2 Å². The number of nitrogens with two attached hydrogens (primary N) is 1. The molecule has 148 valence electrons. The molecule has 0 saturated carbocycles. The molecular formula is C21H24FN3O3. The average molecular weight is 385 g/mol. The summed E-state index contributed by atoms with van der Waals surface area (Å²) >= 11 is 0. The molecule has 2 N–H and O–H groups in total. The zero-order chi connectivity index (χ0) is 20.1. The summed E-state index contributed by atoms with van der Waals surface area (Å²) in [6.07, 6.45) is 1.14. The van der Waals surface area contributed by atoms with Crippen LogP contribution in [-0.2, 0) is 11.3 Å². The first kappa shape index (κ1) is 19.7. The van der Waals surface area contributed by atoms with Crippen molar-refractivity contribution < 1.29 is 18.7 Å². The Morgan fingerprint density at radius 2 is 1.96 bits per heavy atom. The van der Waals surface area contributed by atoms with Gasteiger partial charge in [0, 0.05) is 23.6 Å². The maximum absolute atomic E-state index is 12.7. The van der Waals surface area contributed by atoms with E-state index < -0.39 is 6.86 Å². The van der Waals surface area contributed by atoms with Gasteiger partial charge in [-0.25, -0.2) is 9.40 Å².